The van der Waals surface area contributed by atoms with Crippen LogP contribution in [0.5, 0.6) is 0 Å². The molecule has 2 aromatic carbocycles. The highest BCUT2D eigenvalue weighted by atomic mass is 15.3. The maximum absolute atomic E-state index is 4.56. The minimum atomic E-state index is 0.415. The lowest BCUT2D eigenvalue weighted by molar-refractivity contribution is 0.189. The van der Waals surface area contributed by atoms with E-state index in [1.807, 2.05) is 38.0 Å². The van der Waals surface area contributed by atoms with Crippen molar-refractivity contribution in [2.75, 3.05) is 20.1 Å². The molecule has 0 spiro atoms. The van der Waals surface area contributed by atoms with E-state index in [9.17, 15) is 0 Å². The van der Waals surface area contributed by atoms with Crippen molar-refractivity contribution in [1.29, 1.82) is 0 Å². The van der Waals surface area contributed by atoms with Crippen molar-refractivity contribution in [2.24, 2.45) is 10.9 Å². The number of nitrogens with one attached hydrogen (secondary N) is 1. The molecule has 0 bridgehead atoms. The zero-order chi connectivity index (χ0) is 22.6. The zero-order valence-corrected chi connectivity index (χ0v) is 19.3. The quantitative estimate of drug-likeness (QED) is 0.376. The van der Waals surface area contributed by atoms with Crippen molar-refractivity contribution in [2.45, 2.75) is 32.5 Å². The Morgan fingerprint density at radius 1 is 1.09 bits per heavy atom. The van der Waals surface area contributed by atoms with E-state index in [0.717, 1.165) is 49.6 Å². The number of para-hydroxylation sites is 2. The van der Waals surface area contributed by atoms with Crippen LogP contribution in [-0.2, 0) is 13.1 Å². The van der Waals surface area contributed by atoms with Gasteiger partial charge >= 0.3 is 0 Å². The summed E-state index contributed by atoms with van der Waals surface area (Å²) in [6.07, 6.45) is 8.91. The first-order valence-electron chi connectivity index (χ1n) is 11.6. The number of imidazole rings is 2. The minimum absolute atomic E-state index is 0.415. The van der Waals surface area contributed by atoms with Crippen LogP contribution < -0.4 is 5.32 Å². The fourth-order valence-electron chi connectivity index (χ4n) is 4.70. The van der Waals surface area contributed by atoms with Crippen molar-refractivity contribution < 1.29 is 0 Å². The summed E-state index contributed by atoms with van der Waals surface area (Å²) in [4.78, 5) is 15.7. The summed E-state index contributed by atoms with van der Waals surface area (Å²) in [5.74, 6) is 1.58. The van der Waals surface area contributed by atoms with Gasteiger partial charge in [0, 0.05) is 45.6 Å². The summed E-state index contributed by atoms with van der Waals surface area (Å²) in [6, 6.07) is 17.5. The summed E-state index contributed by atoms with van der Waals surface area (Å²) < 4.78 is 4.42. The van der Waals surface area contributed by atoms with Crippen LogP contribution >= 0.6 is 0 Å². The predicted molar refractivity (Wildman–Crippen MR) is 132 cm³/mol. The molecule has 2 unspecified atom stereocenters. The Labute approximate surface area is 194 Å². The van der Waals surface area contributed by atoms with Crippen LogP contribution in [0.4, 0.5) is 0 Å². The van der Waals surface area contributed by atoms with Crippen LogP contribution in [0.15, 0.2) is 78.6 Å². The fourth-order valence-corrected chi connectivity index (χ4v) is 4.70. The monoisotopic (exact) mass is 441 g/mol. The van der Waals surface area contributed by atoms with Crippen molar-refractivity contribution in [1.82, 2.24) is 29.3 Å². The van der Waals surface area contributed by atoms with E-state index >= 15 is 0 Å². The van der Waals surface area contributed by atoms with Gasteiger partial charge in [-0.1, -0.05) is 43.3 Å². The van der Waals surface area contributed by atoms with Crippen LogP contribution in [0.25, 0.3) is 11.0 Å². The third-order valence-electron chi connectivity index (χ3n) is 6.69. The number of likely N-dealkylation sites (tertiary alicyclic amines) is 1. The van der Waals surface area contributed by atoms with Gasteiger partial charge in [0.2, 0.25) is 0 Å². The van der Waals surface area contributed by atoms with Crippen LogP contribution in [0, 0.1) is 5.92 Å². The largest absolute Gasteiger partial charge is 0.352 e. The average molecular weight is 442 g/mol. The lowest BCUT2D eigenvalue weighted by Crippen LogP contribution is -2.48. The molecule has 5 rings (SSSR count). The van der Waals surface area contributed by atoms with E-state index in [4.69, 9.17) is 0 Å². The van der Waals surface area contributed by atoms with Gasteiger partial charge in [0.15, 0.2) is 5.96 Å². The fraction of sp³-hybridized carbons (Fsp3) is 0.346. The first-order valence-corrected chi connectivity index (χ1v) is 11.6. The molecule has 7 nitrogen and oxygen atoms in total. The van der Waals surface area contributed by atoms with Crippen molar-refractivity contribution >= 4 is 17.0 Å². The second-order valence-electron chi connectivity index (χ2n) is 8.87. The molecule has 33 heavy (non-hydrogen) atoms. The minimum Gasteiger partial charge on any atom is -0.352 e. The number of hydrogen-bond donors (Lipinski definition) is 1. The Kier molecular flexibility index (Phi) is 6.11. The summed E-state index contributed by atoms with van der Waals surface area (Å²) in [5.41, 5.74) is 4.70. The molecule has 4 aromatic rings. The predicted octanol–water partition coefficient (Wildman–Crippen LogP) is 3.94. The van der Waals surface area contributed by atoms with Gasteiger partial charge in [-0.05, 0) is 35.6 Å². The lowest BCUT2D eigenvalue weighted by atomic mass is 9.93. The molecule has 1 saturated heterocycles. The van der Waals surface area contributed by atoms with Crippen LogP contribution in [0.1, 0.15) is 30.5 Å². The number of guanidine groups is 1. The average Bonchev–Trinajstić information content (AvgIpc) is 3.52. The maximum Gasteiger partial charge on any atom is 0.193 e. The van der Waals surface area contributed by atoms with Crippen LogP contribution in [0.3, 0.4) is 0 Å². The summed E-state index contributed by atoms with van der Waals surface area (Å²) in [7, 11) is 1.87. The Morgan fingerprint density at radius 2 is 1.91 bits per heavy atom. The van der Waals surface area contributed by atoms with Gasteiger partial charge in [0.05, 0.1) is 29.7 Å². The first kappa shape index (κ1) is 21.2. The van der Waals surface area contributed by atoms with E-state index in [1.54, 1.807) is 0 Å². The molecule has 0 saturated carbocycles. The zero-order valence-electron chi connectivity index (χ0n) is 19.3. The van der Waals surface area contributed by atoms with E-state index in [0.29, 0.717) is 12.0 Å². The third kappa shape index (κ3) is 4.62. The molecule has 3 heterocycles. The Hall–Kier alpha value is -3.61. The molecule has 2 atom stereocenters. The number of hydrogen-bond acceptors (Lipinski definition) is 3. The second kappa shape index (κ2) is 9.48. The number of aromatic nitrogens is 4. The number of piperidine rings is 1. The van der Waals surface area contributed by atoms with Gasteiger partial charge in [0.25, 0.3) is 0 Å². The first-order chi connectivity index (χ1) is 16.2. The molecular weight excluding hydrogens is 410 g/mol. The van der Waals surface area contributed by atoms with Gasteiger partial charge in [-0.3, -0.25) is 4.99 Å². The third-order valence-corrected chi connectivity index (χ3v) is 6.69. The molecule has 1 aliphatic rings. The van der Waals surface area contributed by atoms with E-state index in [2.05, 4.69) is 83.8 Å². The molecule has 1 N–H and O–H groups in total. The van der Waals surface area contributed by atoms with Crippen LogP contribution in [-0.4, -0.2) is 50.1 Å². The molecule has 0 radical (unpaired) electrons. The SMILES string of the molecule is CN=C(NCc1ccc(Cn2cnc3ccccc32)cc1)N1CCC(C)C(n2ccnc2)C1. The Morgan fingerprint density at radius 3 is 2.70 bits per heavy atom. The van der Waals surface area contributed by atoms with E-state index in [1.165, 1.54) is 11.1 Å². The molecule has 170 valence electrons. The number of benzene rings is 2. The number of fused-ring (bicyclic) bond motifs is 1. The molecule has 2 aromatic heterocycles. The van der Waals surface area contributed by atoms with Gasteiger partial charge in [-0.15, -0.1) is 0 Å². The van der Waals surface area contributed by atoms with Gasteiger partial charge in [0.1, 0.15) is 0 Å². The van der Waals surface area contributed by atoms with Crippen molar-refractivity contribution in [3.05, 3.63) is 84.7 Å². The standard InChI is InChI=1S/C26H31N7/c1-20-11-13-31(17-25(20)32-14-12-28-18-32)26(27-2)29-15-21-7-9-22(10-8-21)16-33-19-30-23-5-3-4-6-24(23)33/h3-10,12,14,18-20,25H,11,13,15-17H2,1-2H3,(H,27,29). The normalized spacial score (nSPS) is 19.2. The highest BCUT2D eigenvalue weighted by Crippen LogP contribution is 2.27. The van der Waals surface area contributed by atoms with Gasteiger partial charge < -0.3 is 19.4 Å². The van der Waals surface area contributed by atoms with Gasteiger partial charge in [-0.25, -0.2) is 9.97 Å². The number of aliphatic imine (C=N–C) groups is 1. The summed E-state index contributed by atoms with van der Waals surface area (Å²) in [6.45, 7) is 5.85. The van der Waals surface area contributed by atoms with E-state index in [-0.39, 0.29) is 0 Å². The molecule has 1 aliphatic heterocycles. The van der Waals surface area contributed by atoms with Crippen LogP contribution in [0.2, 0.25) is 0 Å². The molecule has 1 fully saturated rings. The smallest absolute Gasteiger partial charge is 0.193 e. The summed E-state index contributed by atoms with van der Waals surface area (Å²) in [5, 5.41) is 3.56. The highest BCUT2D eigenvalue weighted by molar-refractivity contribution is 5.80. The Balaban J connectivity index is 1.20. The van der Waals surface area contributed by atoms with Crippen molar-refractivity contribution in [3.63, 3.8) is 0 Å². The molecule has 0 amide bonds. The molecule has 7 heteroatoms. The van der Waals surface area contributed by atoms with E-state index < -0.39 is 0 Å². The van der Waals surface area contributed by atoms with Crippen molar-refractivity contribution in [3.8, 4) is 0 Å². The molecular formula is C26H31N7. The topological polar surface area (TPSA) is 63.3 Å². The highest BCUT2D eigenvalue weighted by Gasteiger charge is 2.28. The lowest BCUT2D eigenvalue weighted by Gasteiger charge is -2.39. The Bertz CT molecular complexity index is 1210. The second-order valence-corrected chi connectivity index (χ2v) is 8.87. The summed E-state index contributed by atoms with van der Waals surface area (Å²) >= 11 is 0. The maximum atomic E-state index is 4.56. The molecule has 0 aliphatic carbocycles. The van der Waals surface area contributed by atoms with Gasteiger partial charge in [-0.2, -0.15) is 0 Å². The number of nitrogens with zero attached hydrogens (tertiary/aromatic N) is 6. The number of rotatable bonds is 5.